The Kier molecular flexibility index (Phi) is 3.12. The molecule has 2 rings (SSSR count). The van der Waals surface area contributed by atoms with E-state index in [0.717, 1.165) is 19.3 Å². The molecule has 100 valence electrons. The lowest BCUT2D eigenvalue weighted by atomic mass is 9.74. The third-order valence-corrected chi connectivity index (χ3v) is 4.21. The van der Waals surface area contributed by atoms with Crippen LogP contribution in [0.2, 0.25) is 0 Å². The largest absolute Gasteiger partial charge is 0.461 e. The predicted molar refractivity (Wildman–Crippen MR) is 69.0 cm³/mol. The maximum atomic E-state index is 12.0. The summed E-state index contributed by atoms with van der Waals surface area (Å²) in [6.45, 7) is 7.73. The number of allylic oxidation sites excluding steroid dienone is 1. The van der Waals surface area contributed by atoms with Crippen molar-refractivity contribution >= 4 is 11.8 Å². The van der Waals surface area contributed by atoms with Gasteiger partial charge in [0.15, 0.2) is 5.78 Å². The molecule has 1 fully saturated rings. The summed E-state index contributed by atoms with van der Waals surface area (Å²) in [4.78, 5) is 23.4. The molecule has 3 heteroatoms. The van der Waals surface area contributed by atoms with E-state index < -0.39 is 5.41 Å². The van der Waals surface area contributed by atoms with Crippen molar-refractivity contribution in [1.29, 1.82) is 0 Å². The van der Waals surface area contributed by atoms with Crippen molar-refractivity contribution in [2.75, 3.05) is 0 Å². The molecule has 0 amide bonds. The first kappa shape index (κ1) is 13.3. The van der Waals surface area contributed by atoms with Gasteiger partial charge < -0.3 is 4.74 Å². The van der Waals surface area contributed by atoms with Crippen LogP contribution >= 0.6 is 0 Å². The third-order valence-electron chi connectivity index (χ3n) is 4.21. The van der Waals surface area contributed by atoms with Gasteiger partial charge >= 0.3 is 5.97 Å². The second-order valence-corrected chi connectivity index (χ2v) is 6.74. The van der Waals surface area contributed by atoms with E-state index in [0.29, 0.717) is 6.42 Å². The molecule has 0 aliphatic heterocycles. The number of hydrogen-bond donors (Lipinski definition) is 0. The highest BCUT2D eigenvalue weighted by Gasteiger charge is 2.47. The van der Waals surface area contributed by atoms with E-state index in [2.05, 4.69) is 6.92 Å². The number of esters is 1. The van der Waals surface area contributed by atoms with Gasteiger partial charge in [-0.05, 0) is 46.1 Å². The van der Waals surface area contributed by atoms with Crippen LogP contribution in [0, 0.1) is 10.8 Å². The second kappa shape index (κ2) is 4.22. The lowest BCUT2D eigenvalue weighted by Gasteiger charge is -2.35. The van der Waals surface area contributed by atoms with Gasteiger partial charge in [-0.15, -0.1) is 0 Å². The number of ether oxygens (including phenoxy) is 1. The van der Waals surface area contributed by atoms with Crippen molar-refractivity contribution in [3.8, 4) is 0 Å². The molecule has 0 aromatic rings. The lowest BCUT2D eigenvalue weighted by Crippen LogP contribution is -2.37. The van der Waals surface area contributed by atoms with Crippen molar-refractivity contribution in [2.45, 2.75) is 59.5 Å². The van der Waals surface area contributed by atoms with Gasteiger partial charge in [-0.1, -0.05) is 12.5 Å². The number of hydrogen-bond acceptors (Lipinski definition) is 3. The molecule has 18 heavy (non-hydrogen) atoms. The molecule has 2 aliphatic carbocycles. The fraction of sp³-hybridized carbons (Fsp3) is 0.733. The van der Waals surface area contributed by atoms with Crippen LogP contribution in [0.4, 0.5) is 0 Å². The van der Waals surface area contributed by atoms with Gasteiger partial charge in [0.25, 0.3) is 0 Å². The van der Waals surface area contributed by atoms with Crippen molar-refractivity contribution in [3.05, 3.63) is 11.6 Å². The zero-order valence-corrected chi connectivity index (χ0v) is 11.7. The molecule has 0 N–H and O–H groups in total. The number of rotatable bonds is 1. The number of ketones is 1. The molecule has 1 saturated carbocycles. The van der Waals surface area contributed by atoms with Crippen molar-refractivity contribution in [2.24, 2.45) is 10.8 Å². The lowest BCUT2D eigenvalue weighted by molar-refractivity contribution is -0.163. The van der Waals surface area contributed by atoms with Gasteiger partial charge in [-0.25, -0.2) is 0 Å². The van der Waals surface area contributed by atoms with Crippen LogP contribution in [0.25, 0.3) is 0 Å². The standard InChI is InChI=1S/C15H22O3/c1-14(2,3)13(17)18-12-6-5-10-9-11(16)7-8-15(10,12)4/h9,12H,5-8H2,1-4H3/t12-,15-/m0/s1. The number of fused-ring (bicyclic) bond motifs is 1. The van der Waals surface area contributed by atoms with E-state index in [4.69, 9.17) is 4.74 Å². The van der Waals surface area contributed by atoms with E-state index >= 15 is 0 Å². The van der Waals surface area contributed by atoms with Crippen LogP contribution < -0.4 is 0 Å². The normalized spacial score (nSPS) is 31.9. The maximum absolute atomic E-state index is 12.0. The van der Waals surface area contributed by atoms with Crippen LogP contribution in [0.15, 0.2) is 11.6 Å². The molecule has 2 atom stereocenters. The summed E-state index contributed by atoms with van der Waals surface area (Å²) in [5, 5.41) is 0. The Balaban J connectivity index is 2.16. The molecular weight excluding hydrogens is 228 g/mol. The van der Waals surface area contributed by atoms with E-state index in [9.17, 15) is 9.59 Å². The molecule has 0 radical (unpaired) electrons. The Morgan fingerprint density at radius 1 is 1.39 bits per heavy atom. The highest BCUT2D eigenvalue weighted by molar-refractivity contribution is 5.91. The van der Waals surface area contributed by atoms with Gasteiger partial charge in [0.05, 0.1) is 5.41 Å². The first-order chi connectivity index (χ1) is 8.23. The summed E-state index contributed by atoms with van der Waals surface area (Å²) in [6, 6.07) is 0. The van der Waals surface area contributed by atoms with Gasteiger partial charge in [0.1, 0.15) is 6.10 Å². The molecule has 0 saturated heterocycles. The highest BCUT2D eigenvalue weighted by Crippen LogP contribution is 2.50. The zero-order chi connectivity index (χ0) is 13.6. The molecule has 0 spiro atoms. The predicted octanol–water partition coefficient (Wildman–Crippen LogP) is 3.03. The number of carbonyl (C=O) groups is 2. The smallest absolute Gasteiger partial charge is 0.311 e. The van der Waals surface area contributed by atoms with Crippen LogP contribution in [0.5, 0.6) is 0 Å². The highest BCUT2D eigenvalue weighted by atomic mass is 16.5. The van der Waals surface area contributed by atoms with Gasteiger partial charge in [-0.3, -0.25) is 9.59 Å². The molecule has 3 nitrogen and oxygen atoms in total. The molecular formula is C15H22O3. The monoisotopic (exact) mass is 250 g/mol. The molecule has 0 unspecified atom stereocenters. The minimum absolute atomic E-state index is 0.0661. The Morgan fingerprint density at radius 3 is 2.67 bits per heavy atom. The van der Waals surface area contributed by atoms with Crippen molar-refractivity contribution < 1.29 is 14.3 Å². The summed E-state index contributed by atoms with van der Waals surface area (Å²) >= 11 is 0. The fourth-order valence-electron chi connectivity index (χ4n) is 2.80. The summed E-state index contributed by atoms with van der Waals surface area (Å²) in [5.41, 5.74) is 0.591. The quantitative estimate of drug-likeness (QED) is 0.672. The van der Waals surface area contributed by atoms with Crippen LogP contribution in [0.3, 0.4) is 0 Å². The molecule has 0 aromatic heterocycles. The topological polar surface area (TPSA) is 43.4 Å². The summed E-state index contributed by atoms with van der Waals surface area (Å²) in [7, 11) is 0. The molecule has 2 aliphatic rings. The Hall–Kier alpha value is -1.12. The van der Waals surface area contributed by atoms with Crippen molar-refractivity contribution in [3.63, 3.8) is 0 Å². The van der Waals surface area contributed by atoms with Gasteiger partial charge in [0.2, 0.25) is 0 Å². The van der Waals surface area contributed by atoms with E-state index in [1.807, 2.05) is 20.8 Å². The van der Waals surface area contributed by atoms with E-state index in [-0.39, 0.29) is 23.3 Å². The Bertz CT molecular complexity index is 414. The van der Waals surface area contributed by atoms with Crippen LogP contribution in [-0.4, -0.2) is 17.9 Å². The Labute approximate surface area is 109 Å². The van der Waals surface area contributed by atoms with Crippen LogP contribution in [-0.2, 0) is 14.3 Å². The minimum atomic E-state index is -0.465. The van der Waals surface area contributed by atoms with E-state index in [1.54, 1.807) is 6.08 Å². The maximum Gasteiger partial charge on any atom is 0.311 e. The van der Waals surface area contributed by atoms with Crippen molar-refractivity contribution in [1.82, 2.24) is 0 Å². The molecule has 0 bridgehead atoms. The van der Waals surface area contributed by atoms with E-state index in [1.165, 1.54) is 5.57 Å². The molecule has 0 heterocycles. The number of carbonyl (C=O) groups excluding carboxylic acids is 2. The van der Waals surface area contributed by atoms with Crippen LogP contribution in [0.1, 0.15) is 53.4 Å². The SMILES string of the molecule is CC(C)(C)C(=O)O[C@H]1CCC2=CC(=O)CC[C@@]21C. The Morgan fingerprint density at radius 2 is 2.06 bits per heavy atom. The average Bonchev–Trinajstić information content (AvgIpc) is 2.56. The summed E-state index contributed by atoms with van der Waals surface area (Å²) in [6.07, 6.45) is 4.81. The third kappa shape index (κ3) is 2.23. The summed E-state index contributed by atoms with van der Waals surface area (Å²) < 4.78 is 5.69. The first-order valence-corrected chi connectivity index (χ1v) is 6.68. The fourth-order valence-corrected chi connectivity index (χ4v) is 2.80. The van der Waals surface area contributed by atoms with Gasteiger partial charge in [-0.2, -0.15) is 0 Å². The molecule has 0 aromatic carbocycles. The zero-order valence-electron chi connectivity index (χ0n) is 11.7. The van der Waals surface area contributed by atoms with Gasteiger partial charge in [0, 0.05) is 11.8 Å². The first-order valence-electron chi connectivity index (χ1n) is 6.68. The summed E-state index contributed by atoms with van der Waals surface area (Å²) in [5.74, 6) is 0.0668. The minimum Gasteiger partial charge on any atom is -0.461 e. The average molecular weight is 250 g/mol. The second-order valence-electron chi connectivity index (χ2n) is 6.74.